The lowest BCUT2D eigenvalue weighted by atomic mass is 9.93. The van der Waals surface area contributed by atoms with Gasteiger partial charge >= 0.3 is 24.4 Å². The molecular formula is C23H25ClO12. The summed E-state index contributed by atoms with van der Waals surface area (Å²) in [6, 6.07) is 5.80. The molecule has 1 heterocycles. The van der Waals surface area contributed by atoms with Crippen LogP contribution in [0.1, 0.15) is 31.1 Å². The van der Waals surface area contributed by atoms with Crippen LogP contribution >= 0.6 is 11.6 Å². The Labute approximate surface area is 211 Å². The predicted octanol–water partition coefficient (Wildman–Crippen LogP) is 3.48. The molecule has 1 aliphatic heterocycles. The van der Waals surface area contributed by atoms with Crippen LogP contribution in [0.5, 0.6) is 0 Å². The Hall–Kier alpha value is -3.69. The molecule has 0 spiro atoms. The maximum absolute atomic E-state index is 12.5. The van der Waals surface area contributed by atoms with Crippen molar-refractivity contribution in [2.24, 2.45) is 0 Å². The maximum Gasteiger partial charge on any atom is 0.510 e. The number of ether oxygens (including phenoxy) is 8. The van der Waals surface area contributed by atoms with Crippen LogP contribution < -0.4 is 0 Å². The lowest BCUT2D eigenvalue weighted by molar-refractivity contribution is -0.154. The standard InChI is InChI=1S/C23H25ClO12/c1-5-23(36-22(28)31-8-4)16(13-32-18(25)14-9-11-15(24)12-10-14)33-19(35-21(27)30-7-3)17(23)34-20(26)29-6-2/h1,9-12,16-17,19H,6-8,13H2,2-4H3/t16-,17+,19?,23-/m1/s1. The lowest BCUT2D eigenvalue weighted by Crippen LogP contribution is -2.54. The van der Waals surface area contributed by atoms with Crippen LogP contribution in [-0.2, 0) is 37.9 Å². The van der Waals surface area contributed by atoms with Crippen LogP contribution in [0.3, 0.4) is 0 Å². The van der Waals surface area contributed by atoms with E-state index in [1.54, 1.807) is 0 Å². The van der Waals surface area contributed by atoms with Crippen molar-refractivity contribution in [2.75, 3.05) is 26.4 Å². The summed E-state index contributed by atoms with van der Waals surface area (Å²) < 4.78 is 40.8. The van der Waals surface area contributed by atoms with E-state index in [0.717, 1.165) is 0 Å². The number of carbonyl (C=O) groups excluding carboxylic acids is 4. The van der Waals surface area contributed by atoms with Crippen molar-refractivity contribution >= 4 is 36.0 Å². The molecule has 1 unspecified atom stereocenters. The summed E-state index contributed by atoms with van der Waals surface area (Å²) in [6.07, 6.45) is -2.94. The molecule has 196 valence electrons. The summed E-state index contributed by atoms with van der Waals surface area (Å²) in [4.78, 5) is 48.9. The minimum Gasteiger partial charge on any atom is -0.459 e. The van der Waals surface area contributed by atoms with Crippen LogP contribution in [0.15, 0.2) is 24.3 Å². The average Bonchev–Trinajstić information content (AvgIpc) is 3.10. The molecule has 1 fully saturated rings. The van der Waals surface area contributed by atoms with E-state index < -0.39 is 55.1 Å². The number of benzene rings is 1. The molecule has 13 heteroatoms. The highest BCUT2D eigenvalue weighted by atomic mass is 35.5. The molecule has 2 rings (SSSR count). The number of carbonyl (C=O) groups is 4. The molecule has 1 aliphatic rings. The zero-order valence-electron chi connectivity index (χ0n) is 19.7. The predicted molar refractivity (Wildman–Crippen MR) is 120 cm³/mol. The third kappa shape index (κ3) is 7.16. The van der Waals surface area contributed by atoms with Gasteiger partial charge in [-0.25, -0.2) is 19.2 Å². The van der Waals surface area contributed by atoms with E-state index in [9.17, 15) is 19.2 Å². The molecule has 1 saturated heterocycles. The molecule has 0 aromatic heterocycles. The van der Waals surface area contributed by atoms with Gasteiger partial charge in [0.1, 0.15) is 6.61 Å². The third-order valence-electron chi connectivity index (χ3n) is 4.59. The molecule has 0 aliphatic carbocycles. The number of esters is 1. The van der Waals surface area contributed by atoms with Crippen molar-refractivity contribution in [1.29, 1.82) is 0 Å². The summed E-state index contributed by atoms with van der Waals surface area (Å²) in [5.41, 5.74) is -2.12. The number of hydrogen-bond donors (Lipinski definition) is 0. The molecule has 0 N–H and O–H groups in total. The second-order valence-corrected chi connectivity index (χ2v) is 7.28. The van der Waals surface area contributed by atoms with Crippen molar-refractivity contribution in [3.05, 3.63) is 34.9 Å². The van der Waals surface area contributed by atoms with Crippen molar-refractivity contribution in [2.45, 2.75) is 44.9 Å². The van der Waals surface area contributed by atoms with Gasteiger partial charge in [0.25, 0.3) is 0 Å². The zero-order chi connectivity index (χ0) is 26.7. The Bertz CT molecular complexity index is 972. The monoisotopic (exact) mass is 528 g/mol. The van der Waals surface area contributed by atoms with Gasteiger partial charge in [0.05, 0.1) is 25.4 Å². The first kappa shape index (κ1) is 28.5. The van der Waals surface area contributed by atoms with Gasteiger partial charge in [-0.15, -0.1) is 6.42 Å². The Kier molecular flexibility index (Phi) is 10.6. The van der Waals surface area contributed by atoms with Gasteiger partial charge in [-0.1, -0.05) is 17.5 Å². The fourth-order valence-corrected chi connectivity index (χ4v) is 3.18. The van der Waals surface area contributed by atoms with Gasteiger partial charge < -0.3 is 37.9 Å². The van der Waals surface area contributed by atoms with Gasteiger partial charge in [-0.3, -0.25) is 0 Å². The highest BCUT2D eigenvalue weighted by molar-refractivity contribution is 6.30. The number of terminal acetylenes is 1. The summed E-state index contributed by atoms with van der Waals surface area (Å²) in [5.74, 6) is 1.40. The fraction of sp³-hybridized carbons (Fsp3) is 0.478. The molecule has 1 aromatic rings. The minimum absolute atomic E-state index is 0.0449. The average molecular weight is 529 g/mol. The molecule has 0 saturated carbocycles. The van der Waals surface area contributed by atoms with Crippen LogP contribution in [0.4, 0.5) is 14.4 Å². The molecule has 0 amide bonds. The van der Waals surface area contributed by atoms with E-state index in [2.05, 4.69) is 5.92 Å². The second kappa shape index (κ2) is 13.4. The number of rotatable bonds is 9. The van der Waals surface area contributed by atoms with E-state index in [-0.39, 0.29) is 25.4 Å². The Balaban J connectivity index is 2.39. The van der Waals surface area contributed by atoms with E-state index in [1.165, 1.54) is 45.0 Å². The fourth-order valence-electron chi connectivity index (χ4n) is 3.05. The lowest BCUT2D eigenvalue weighted by Gasteiger charge is -2.31. The molecule has 4 atom stereocenters. The van der Waals surface area contributed by atoms with Crippen molar-refractivity contribution in [1.82, 2.24) is 0 Å². The molecular weight excluding hydrogens is 504 g/mol. The normalized spacial score (nSPS) is 22.5. The Morgan fingerprint density at radius 1 is 0.917 bits per heavy atom. The number of halogens is 1. The highest BCUT2D eigenvalue weighted by Crippen LogP contribution is 2.38. The van der Waals surface area contributed by atoms with E-state index in [1.807, 2.05) is 0 Å². The quantitative estimate of drug-likeness (QED) is 0.263. The smallest absolute Gasteiger partial charge is 0.459 e. The van der Waals surface area contributed by atoms with E-state index in [4.69, 9.17) is 55.9 Å². The van der Waals surface area contributed by atoms with Gasteiger partial charge in [0.2, 0.25) is 18.0 Å². The van der Waals surface area contributed by atoms with Crippen molar-refractivity contribution < 1.29 is 57.1 Å². The summed E-state index contributed by atoms with van der Waals surface area (Å²) in [7, 11) is 0. The van der Waals surface area contributed by atoms with Gasteiger partial charge in [0.15, 0.2) is 6.10 Å². The molecule has 1 aromatic carbocycles. The SMILES string of the molecule is C#C[C@@]1(OC(=O)OCC)[C@@H](COC(=O)c2ccc(Cl)cc2)OC(OC(=O)OCC)[C@@H]1OC(=O)OCC. The van der Waals surface area contributed by atoms with Crippen LogP contribution in [0, 0.1) is 12.3 Å². The maximum atomic E-state index is 12.5. The van der Waals surface area contributed by atoms with E-state index in [0.29, 0.717) is 5.02 Å². The molecule has 0 bridgehead atoms. The first-order valence-corrected chi connectivity index (χ1v) is 11.2. The van der Waals surface area contributed by atoms with Gasteiger partial charge in [0, 0.05) is 5.02 Å². The van der Waals surface area contributed by atoms with Gasteiger partial charge in [-0.2, -0.15) is 0 Å². The summed E-state index contributed by atoms with van der Waals surface area (Å²) in [6.45, 7) is 3.74. The zero-order valence-corrected chi connectivity index (χ0v) is 20.5. The minimum atomic E-state index is -2.27. The Morgan fingerprint density at radius 3 is 2.03 bits per heavy atom. The van der Waals surface area contributed by atoms with Crippen LogP contribution in [0.25, 0.3) is 0 Å². The van der Waals surface area contributed by atoms with Crippen molar-refractivity contribution in [3.63, 3.8) is 0 Å². The van der Waals surface area contributed by atoms with Crippen LogP contribution in [-0.4, -0.2) is 75.0 Å². The van der Waals surface area contributed by atoms with Crippen LogP contribution in [0.2, 0.25) is 5.02 Å². The van der Waals surface area contributed by atoms with Gasteiger partial charge in [-0.05, 0) is 45.0 Å². The first-order valence-electron chi connectivity index (χ1n) is 10.8. The summed E-state index contributed by atoms with van der Waals surface area (Å²) in [5, 5.41) is 0.401. The largest absolute Gasteiger partial charge is 0.510 e. The molecule has 12 nitrogen and oxygen atoms in total. The molecule has 0 radical (unpaired) electrons. The highest BCUT2D eigenvalue weighted by Gasteiger charge is 2.64. The Morgan fingerprint density at radius 2 is 1.47 bits per heavy atom. The summed E-state index contributed by atoms with van der Waals surface area (Å²) >= 11 is 5.83. The topological polar surface area (TPSA) is 142 Å². The third-order valence-corrected chi connectivity index (χ3v) is 4.84. The second-order valence-electron chi connectivity index (χ2n) is 6.84. The van der Waals surface area contributed by atoms with Crippen molar-refractivity contribution in [3.8, 4) is 12.3 Å². The number of hydrogen-bond acceptors (Lipinski definition) is 12. The first-order chi connectivity index (χ1) is 17.2. The molecule has 36 heavy (non-hydrogen) atoms. The van der Waals surface area contributed by atoms with E-state index >= 15 is 0 Å².